The summed E-state index contributed by atoms with van der Waals surface area (Å²) in [5.74, 6) is -0.588. The van der Waals surface area contributed by atoms with Crippen molar-refractivity contribution in [1.29, 1.82) is 0 Å². The fourth-order valence-electron chi connectivity index (χ4n) is 0.559. The molecule has 4 heteroatoms. The van der Waals surface area contributed by atoms with Crippen molar-refractivity contribution in [1.82, 2.24) is 0 Å². The molecular weight excluding hydrogens is 170 g/mol. The molecule has 0 bridgehead atoms. The largest absolute Gasteiger partial charge is 0.459 e. The molecule has 13 heavy (non-hydrogen) atoms. The summed E-state index contributed by atoms with van der Waals surface area (Å²) in [7, 11) is 0. The predicted molar refractivity (Wildman–Crippen MR) is 50.1 cm³/mol. The van der Waals surface area contributed by atoms with E-state index in [-0.39, 0.29) is 0 Å². The predicted octanol–water partition coefficient (Wildman–Crippen LogP) is 0.426. The summed E-state index contributed by atoms with van der Waals surface area (Å²) in [6, 6.07) is 0. The van der Waals surface area contributed by atoms with Crippen molar-refractivity contribution in [2.24, 2.45) is 5.73 Å². The number of esters is 1. The van der Waals surface area contributed by atoms with Gasteiger partial charge in [0.1, 0.15) is 11.1 Å². The highest BCUT2D eigenvalue weighted by Crippen LogP contribution is 2.15. The van der Waals surface area contributed by atoms with E-state index in [9.17, 15) is 9.90 Å². The molecule has 4 nitrogen and oxygen atoms in total. The van der Waals surface area contributed by atoms with E-state index in [0.29, 0.717) is 0 Å². The Labute approximate surface area is 79.1 Å². The number of aliphatic hydroxyl groups is 1. The van der Waals surface area contributed by atoms with E-state index in [1.54, 1.807) is 20.8 Å². The molecular formula is C9H19NO3. The Kier molecular flexibility index (Phi) is 3.47. The first-order valence-electron chi connectivity index (χ1n) is 4.28. The molecule has 0 aliphatic carbocycles. The highest BCUT2D eigenvalue weighted by molar-refractivity contribution is 5.81. The number of hydrogen-bond acceptors (Lipinski definition) is 4. The van der Waals surface area contributed by atoms with Gasteiger partial charge in [0.2, 0.25) is 0 Å². The van der Waals surface area contributed by atoms with Gasteiger partial charge in [0.25, 0.3) is 0 Å². The fourth-order valence-corrected chi connectivity index (χ4v) is 0.559. The summed E-state index contributed by atoms with van der Waals surface area (Å²) < 4.78 is 5.04. The number of nitrogens with two attached hydrogens (primary N) is 1. The van der Waals surface area contributed by atoms with Crippen molar-refractivity contribution in [3.05, 3.63) is 0 Å². The van der Waals surface area contributed by atoms with Crippen LogP contribution in [0.5, 0.6) is 0 Å². The zero-order valence-corrected chi connectivity index (χ0v) is 8.92. The summed E-state index contributed by atoms with van der Waals surface area (Å²) in [5, 5.41) is 9.22. The Morgan fingerprint density at radius 1 is 1.38 bits per heavy atom. The van der Waals surface area contributed by atoms with E-state index in [4.69, 9.17) is 10.5 Å². The van der Waals surface area contributed by atoms with E-state index in [2.05, 4.69) is 0 Å². The number of aliphatic hydroxyl groups excluding tert-OH is 1. The summed E-state index contributed by atoms with van der Waals surface area (Å²) in [6.07, 6.45) is -0.928. The lowest BCUT2D eigenvalue weighted by molar-refractivity contribution is -0.164. The molecule has 0 saturated heterocycles. The van der Waals surface area contributed by atoms with Gasteiger partial charge in [-0.25, -0.2) is 4.79 Å². The molecule has 3 N–H and O–H groups in total. The first-order valence-corrected chi connectivity index (χ1v) is 4.28. The lowest BCUT2D eigenvalue weighted by atomic mass is 9.97. The fraction of sp³-hybridized carbons (Fsp3) is 0.889. The van der Waals surface area contributed by atoms with Gasteiger partial charge in [0.15, 0.2) is 0 Å². The lowest BCUT2D eigenvalue weighted by Crippen LogP contribution is -2.55. The van der Waals surface area contributed by atoms with Crippen LogP contribution in [0.15, 0.2) is 0 Å². The van der Waals surface area contributed by atoms with Crippen LogP contribution in [-0.2, 0) is 9.53 Å². The second-order valence-corrected chi connectivity index (χ2v) is 4.46. The van der Waals surface area contributed by atoms with E-state index < -0.39 is 23.2 Å². The molecule has 0 amide bonds. The minimum atomic E-state index is -1.34. The van der Waals surface area contributed by atoms with Crippen molar-refractivity contribution in [3.8, 4) is 0 Å². The lowest BCUT2D eigenvalue weighted by Gasteiger charge is -2.30. The van der Waals surface area contributed by atoms with Gasteiger partial charge >= 0.3 is 5.97 Å². The standard InChI is InChI=1S/C9H19NO3/c1-6(11)9(5,10)7(12)13-8(2,3)4/h6,11H,10H2,1-5H3/t6-,9+/m0/s1. The molecule has 0 rings (SSSR count). The third kappa shape index (κ3) is 3.74. The number of ether oxygens (including phenoxy) is 1. The van der Waals surface area contributed by atoms with Gasteiger partial charge in [-0.3, -0.25) is 0 Å². The molecule has 2 atom stereocenters. The summed E-state index contributed by atoms with van der Waals surface area (Å²) >= 11 is 0. The van der Waals surface area contributed by atoms with E-state index in [1.807, 2.05) is 0 Å². The molecule has 0 aromatic rings. The van der Waals surface area contributed by atoms with Crippen LogP contribution in [0.3, 0.4) is 0 Å². The Morgan fingerprint density at radius 2 is 1.77 bits per heavy atom. The minimum absolute atomic E-state index is 0.577. The van der Waals surface area contributed by atoms with Crippen LogP contribution in [-0.4, -0.2) is 28.3 Å². The smallest absolute Gasteiger partial charge is 0.329 e. The Morgan fingerprint density at radius 3 is 2.00 bits per heavy atom. The number of hydrogen-bond donors (Lipinski definition) is 2. The number of rotatable bonds is 2. The first kappa shape index (κ1) is 12.4. The summed E-state index contributed by atoms with van der Waals surface area (Å²) in [4.78, 5) is 11.4. The first-order chi connectivity index (χ1) is 5.57. The zero-order chi connectivity index (χ0) is 10.9. The maximum atomic E-state index is 11.4. The van der Waals surface area contributed by atoms with Gasteiger partial charge in [-0.05, 0) is 34.6 Å². The highest BCUT2D eigenvalue weighted by atomic mass is 16.6. The van der Waals surface area contributed by atoms with Crippen molar-refractivity contribution < 1.29 is 14.6 Å². The maximum Gasteiger partial charge on any atom is 0.329 e. The zero-order valence-electron chi connectivity index (χ0n) is 8.92. The van der Waals surface area contributed by atoms with Crippen molar-refractivity contribution in [2.45, 2.75) is 51.9 Å². The van der Waals surface area contributed by atoms with Crippen LogP contribution >= 0.6 is 0 Å². The molecule has 0 saturated carbocycles. The van der Waals surface area contributed by atoms with Crippen LogP contribution in [0.25, 0.3) is 0 Å². The van der Waals surface area contributed by atoms with Crippen molar-refractivity contribution in [2.75, 3.05) is 0 Å². The van der Waals surface area contributed by atoms with E-state index in [0.717, 1.165) is 0 Å². The van der Waals surface area contributed by atoms with E-state index in [1.165, 1.54) is 13.8 Å². The Hall–Kier alpha value is -0.610. The molecule has 0 unspecified atom stereocenters. The molecule has 78 valence electrons. The average Bonchev–Trinajstić information content (AvgIpc) is 1.82. The molecule has 0 heterocycles. The third-order valence-corrected chi connectivity index (χ3v) is 1.71. The molecule has 0 aromatic heterocycles. The minimum Gasteiger partial charge on any atom is -0.459 e. The Balaban J connectivity index is 4.44. The van der Waals surface area contributed by atoms with Crippen LogP contribution < -0.4 is 5.73 Å². The Bertz CT molecular complexity index is 192. The second kappa shape index (κ2) is 3.64. The SMILES string of the molecule is C[C@H](O)[C@@](C)(N)C(=O)OC(C)(C)C. The average molecular weight is 189 g/mol. The van der Waals surface area contributed by atoms with Gasteiger partial charge in [-0.2, -0.15) is 0 Å². The molecule has 0 aromatic carbocycles. The highest BCUT2D eigenvalue weighted by Gasteiger charge is 2.37. The van der Waals surface area contributed by atoms with Crippen LogP contribution in [0.1, 0.15) is 34.6 Å². The van der Waals surface area contributed by atoms with Gasteiger partial charge in [0.05, 0.1) is 6.10 Å². The van der Waals surface area contributed by atoms with Gasteiger partial charge in [0, 0.05) is 0 Å². The third-order valence-electron chi connectivity index (χ3n) is 1.71. The van der Waals surface area contributed by atoms with Gasteiger partial charge in [-0.1, -0.05) is 0 Å². The van der Waals surface area contributed by atoms with Crippen molar-refractivity contribution in [3.63, 3.8) is 0 Å². The van der Waals surface area contributed by atoms with E-state index >= 15 is 0 Å². The van der Waals surface area contributed by atoms with Gasteiger partial charge in [-0.15, -0.1) is 0 Å². The molecule has 0 aliphatic rings. The van der Waals surface area contributed by atoms with Gasteiger partial charge < -0.3 is 15.6 Å². The topological polar surface area (TPSA) is 72.5 Å². The van der Waals surface area contributed by atoms with Crippen LogP contribution in [0, 0.1) is 0 Å². The van der Waals surface area contributed by atoms with Crippen molar-refractivity contribution >= 4 is 5.97 Å². The van der Waals surface area contributed by atoms with Crippen LogP contribution in [0.2, 0.25) is 0 Å². The second-order valence-electron chi connectivity index (χ2n) is 4.46. The molecule has 0 spiro atoms. The molecule has 0 radical (unpaired) electrons. The van der Waals surface area contributed by atoms with Crippen LogP contribution in [0.4, 0.5) is 0 Å². The summed E-state index contributed by atoms with van der Waals surface area (Å²) in [5.41, 5.74) is 3.67. The molecule has 0 fully saturated rings. The molecule has 0 aliphatic heterocycles. The maximum absolute atomic E-state index is 11.4. The summed E-state index contributed by atoms with van der Waals surface area (Å²) in [6.45, 7) is 8.17. The quantitative estimate of drug-likeness (QED) is 0.618. The number of carbonyl (C=O) groups excluding carboxylic acids is 1. The number of carbonyl (C=O) groups is 1. The normalized spacial score (nSPS) is 19.0. The monoisotopic (exact) mass is 189 g/mol.